The smallest absolute Gasteiger partial charge is 0.322 e. The molecule has 0 fully saturated rings. The van der Waals surface area contributed by atoms with Gasteiger partial charge in [0.05, 0.1) is 12.5 Å². The van der Waals surface area contributed by atoms with Crippen molar-refractivity contribution in [2.45, 2.75) is 31.0 Å². The van der Waals surface area contributed by atoms with Crippen LogP contribution in [0.15, 0.2) is 30.3 Å². The monoisotopic (exact) mass is 440 g/mol. The van der Waals surface area contributed by atoms with Crippen LogP contribution in [0.4, 0.5) is 0 Å². The summed E-state index contributed by atoms with van der Waals surface area (Å²) in [4.78, 5) is 58.3. The van der Waals surface area contributed by atoms with Gasteiger partial charge in [0.25, 0.3) is 0 Å². The van der Waals surface area contributed by atoms with E-state index < -0.39 is 60.8 Å². The third-order valence-corrected chi connectivity index (χ3v) is 4.24. The highest BCUT2D eigenvalue weighted by atomic mass is 32.1. The minimum atomic E-state index is -1.37. The highest BCUT2D eigenvalue weighted by molar-refractivity contribution is 7.80. The number of carbonyl (C=O) groups excluding carboxylic acids is 3. The van der Waals surface area contributed by atoms with Gasteiger partial charge in [-0.2, -0.15) is 12.6 Å². The zero-order valence-corrected chi connectivity index (χ0v) is 16.8. The van der Waals surface area contributed by atoms with Crippen molar-refractivity contribution in [2.75, 3.05) is 12.3 Å². The van der Waals surface area contributed by atoms with Crippen molar-refractivity contribution in [3.63, 3.8) is 0 Å². The number of rotatable bonds is 12. The molecule has 30 heavy (non-hydrogen) atoms. The molecule has 11 nitrogen and oxygen atoms in total. The van der Waals surface area contributed by atoms with Crippen LogP contribution in [0.3, 0.4) is 0 Å². The first kappa shape index (κ1) is 24.9. The van der Waals surface area contributed by atoms with Gasteiger partial charge < -0.3 is 31.9 Å². The Bertz CT molecular complexity index is 775. The summed E-state index contributed by atoms with van der Waals surface area (Å²) in [6.45, 7) is -0.632. The van der Waals surface area contributed by atoms with Crippen molar-refractivity contribution >= 4 is 42.3 Å². The third-order valence-electron chi connectivity index (χ3n) is 3.88. The van der Waals surface area contributed by atoms with Crippen molar-refractivity contribution in [2.24, 2.45) is 5.73 Å². The lowest BCUT2D eigenvalue weighted by molar-refractivity contribution is -0.139. The van der Waals surface area contributed by atoms with E-state index in [1.807, 2.05) is 0 Å². The maximum Gasteiger partial charge on any atom is 0.322 e. The number of nitrogens with one attached hydrogen (secondary N) is 3. The molecule has 164 valence electrons. The van der Waals surface area contributed by atoms with Gasteiger partial charge in [-0.25, -0.2) is 0 Å². The molecule has 1 rings (SSSR count). The number of thiol groups is 1. The van der Waals surface area contributed by atoms with Gasteiger partial charge in [0, 0.05) is 12.2 Å². The van der Waals surface area contributed by atoms with Crippen molar-refractivity contribution in [3.05, 3.63) is 35.9 Å². The minimum absolute atomic E-state index is 0.0498. The topological polar surface area (TPSA) is 188 Å². The van der Waals surface area contributed by atoms with Gasteiger partial charge in [-0.15, -0.1) is 0 Å². The van der Waals surface area contributed by atoms with E-state index in [9.17, 15) is 24.0 Å². The Kier molecular flexibility index (Phi) is 10.3. The van der Waals surface area contributed by atoms with Crippen molar-refractivity contribution < 1.29 is 34.2 Å². The largest absolute Gasteiger partial charge is 0.481 e. The van der Waals surface area contributed by atoms with Gasteiger partial charge in [0.2, 0.25) is 17.7 Å². The molecule has 0 saturated heterocycles. The number of carbonyl (C=O) groups is 5. The lowest BCUT2D eigenvalue weighted by Gasteiger charge is -2.23. The van der Waals surface area contributed by atoms with Crippen molar-refractivity contribution in [1.82, 2.24) is 16.0 Å². The molecule has 1 aromatic carbocycles. The summed E-state index contributed by atoms with van der Waals surface area (Å²) < 4.78 is 0. The number of hydrogen-bond donors (Lipinski definition) is 7. The molecule has 3 amide bonds. The first-order valence-electron chi connectivity index (χ1n) is 8.86. The van der Waals surface area contributed by atoms with Crippen LogP contribution in [0, 0.1) is 0 Å². The highest BCUT2D eigenvalue weighted by Crippen LogP contribution is 2.05. The predicted molar refractivity (Wildman–Crippen MR) is 109 cm³/mol. The van der Waals surface area contributed by atoms with E-state index in [1.165, 1.54) is 0 Å². The predicted octanol–water partition coefficient (Wildman–Crippen LogP) is -1.87. The van der Waals surface area contributed by atoms with Gasteiger partial charge in [-0.1, -0.05) is 30.3 Å². The third kappa shape index (κ3) is 8.92. The van der Waals surface area contributed by atoms with Crippen LogP contribution in [0.1, 0.15) is 12.0 Å². The fourth-order valence-corrected chi connectivity index (χ4v) is 2.63. The molecule has 12 heteroatoms. The molecular formula is C18H24N4O7S. The molecule has 0 aromatic heterocycles. The van der Waals surface area contributed by atoms with Crippen LogP contribution < -0.4 is 21.7 Å². The summed E-state index contributed by atoms with van der Waals surface area (Å²) in [6.07, 6.45) is -0.573. The van der Waals surface area contributed by atoms with E-state index >= 15 is 0 Å². The average molecular weight is 440 g/mol. The lowest BCUT2D eigenvalue weighted by Crippen LogP contribution is -2.57. The fourth-order valence-electron chi connectivity index (χ4n) is 2.37. The summed E-state index contributed by atoms with van der Waals surface area (Å²) in [6, 6.07) is 5.00. The number of aliphatic carboxylic acids is 2. The molecular weight excluding hydrogens is 416 g/mol. The summed E-state index contributed by atoms with van der Waals surface area (Å²) >= 11 is 3.99. The molecule has 7 N–H and O–H groups in total. The van der Waals surface area contributed by atoms with Gasteiger partial charge in [-0.05, 0) is 5.56 Å². The highest BCUT2D eigenvalue weighted by Gasteiger charge is 2.28. The van der Waals surface area contributed by atoms with Gasteiger partial charge >= 0.3 is 11.9 Å². The maximum absolute atomic E-state index is 12.7. The fraction of sp³-hybridized carbons (Fsp3) is 0.389. The Balaban J connectivity index is 2.91. The standard InChI is InChI=1S/C18H24N4O7S/c19-11(7-14(23)24)16(27)21-12(6-10-4-2-1-3-5-10)18(29)22-13(9-30)17(28)20-8-15(25)26/h1-5,11-13,30H,6-9,19H2,(H,20,28)(H,21,27)(H,22,29)(H,23,24)(H,25,26). The summed E-state index contributed by atoms with van der Waals surface area (Å²) in [7, 11) is 0. The number of amides is 3. The normalized spacial score (nSPS) is 13.4. The SMILES string of the molecule is NC(CC(=O)O)C(=O)NC(Cc1ccccc1)C(=O)NC(CS)C(=O)NCC(=O)O. The average Bonchev–Trinajstić information content (AvgIpc) is 2.69. The van der Waals surface area contributed by atoms with E-state index in [4.69, 9.17) is 15.9 Å². The molecule has 1 aromatic rings. The number of carboxylic acids is 2. The Morgan fingerprint density at radius 2 is 1.50 bits per heavy atom. The molecule has 0 saturated carbocycles. The first-order chi connectivity index (χ1) is 14.1. The Morgan fingerprint density at radius 3 is 2.03 bits per heavy atom. The molecule has 0 aliphatic heterocycles. The van der Waals surface area contributed by atoms with E-state index in [1.54, 1.807) is 30.3 Å². The maximum atomic E-state index is 12.7. The van der Waals surface area contributed by atoms with Crippen LogP contribution in [-0.2, 0) is 30.4 Å². The zero-order chi connectivity index (χ0) is 22.7. The second kappa shape index (κ2) is 12.4. The molecule has 0 aliphatic rings. The number of carboxylic acid groups (broad SMARTS) is 2. The molecule has 0 heterocycles. The molecule has 3 unspecified atom stereocenters. The van der Waals surface area contributed by atoms with Crippen LogP contribution in [-0.4, -0.2) is 70.3 Å². The Labute approximate surface area is 177 Å². The number of benzene rings is 1. The summed E-state index contributed by atoms with van der Waals surface area (Å²) in [5.41, 5.74) is 6.24. The van der Waals surface area contributed by atoms with E-state index in [0.717, 1.165) is 0 Å². The second-order valence-corrected chi connectivity index (χ2v) is 6.68. The summed E-state index contributed by atoms with van der Waals surface area (Å²) in [5, 5.41) is 24.4. The Morgan fingerprint density at radius 1 is 0.900 bits per heavy atom. The van der Waals surface area contributed by atoms with Crippen LogP contribution >= 0.6 is 12.6 Å². The van der Waals surface area contributed by atoms with Crippen LogP contribution in [0.25, 0.3) is 0 Å². The molecule has 3 atom stereocenters. The molecule has 0 aliphatic carbocycles. The van der Waals surface area contributed by atoms with Crippen molar-refractivity contribution in [1.29, 1.82) is 0 Å². The van der Waals surface area contributed by atoms with Gasteiger partial charge in [0.1, 0.15) is 18.6 Å². The molecule has 0 bridgehead atoms. The number of nitrogens with two attached hydrogens (primary N) is 1. The second-order valence-electron chi connectivity index (χ2n) is 6.31. The van der Waals surface area contributed by atoms with E-state index in [0.29, 0.717) is 5.56 Å². The van der Waals surface area contributed by atoms with Gasteiger partial charge in [0.15, 0.2) is 0 Å². The van der Waals surface area contributed by atoms with Gasteiger partial charge in [-0.3, -0.25) is 24.0 Å². The molecule has 0 spiro atoms. The Hall–Kier alpha value is -3.12. The minimum Gasteiger partial charge on any atom is -0.481 e. The van der Waals surface area contributed by atoms with Crippen LogP contribution in [0.5, 0.6) is 0 Å². The van der Waals surface area contributed by atoms with E-state index in [-0.39, 0.29) is 12.2 Å². The number of hydrogen-bond acceptors (Lipinski definition) is 7. The zero-order valence-electron chi connectivity index (χ0n) is 15.9. The van der Waals surface area contributed by atoms with Crippen molar-refractivity contribution in [3.8, 4) is 0 Å². The summed E-state index contributed by atoms with van der Waals surface area (Å²) in [5.74, 6) is -4.98. The lowest BCUT2D eigenvalue weighted by atomic mass is 10.0. The van der Waals surface area contributed by atoms with Crippen LogP contribution in [0.2, 0.25) is 0 Å². The van der Waals surface area contributed by atoms with E-state index in [2.05, 4.69) is 28.6 Å². The first-order valence-corrected chi connectivity index (χ1v) is 9.49. The molecule has 0 radical (unpaired) electrons. The quantitative estimate of drug-likeness (QED) is 0.184.